The average Bonchev–Trinajstić information content (AvgIpc) is 2.83. The molecule has 0 spiro atoms. The smallest absolute Gasteiger partial charge is 0.239 e. The first-order chi connectivity index (χ1) is 8.86. The zero-order valence-electron chi connectivity index (χ0n) is 10.3. The van der Waals surface area contributed by atoms with Gasteiger partial charge in [0.25, 0.3) is 0 Å². The molecule has 1 atom stereocenters. The lowest BCUT2D eigenvalue weighted by Gasteiger charge is -2.32. The van der Waals surface area contributed by atoms with Crippen molar-refractivity contribution in [1.82, 2.24) is 9.97 Å². The van der Waals surface area contributed by atoms with E-state index in [-0.39, 0.29) is 11.3 Å². The summed E-state index contributed by atoms with van der Waals surface area (Å²) in [7, 11) is 0. The lowest BCUT2D eigenvalue weighted by atomic mass is 9.88. The summed E-state index contributed by atoms with van der Waals surface area (Å²) in [4.78, 5) is 22.3. The summed E-state index contributed by atoms with van der Waals surface area (Å²) in [5, 5.41) is 0.273. The topological polar surface area (TPSA) is 46.1 Å². The summed E-state index contributed by atoms with van der Waals surface area (Å²) in [6.45, 7) is 0. The zero-order chi connectivity index (χ0) is 12.4. The van der Waals surface area contributed by atoms with Gasteiger partial charge in [0, 0.05) is 12.4 Å². The maximum atomic E-state index is 12.1. The molecule has 0 N–H and O–H groups in total. The summed E-state index contributed by atoms with van der Waals surface area (Å²) in [5.74, 6) is 2.09. The predicted octanol–water partition coefficient (Wildman–Crippen LogP) is 2.46. The van der Waals surface area contributed by atoms with Crippen molar-refractivity contribution in [1.29, 1.82) is 0 Å². The van der Waals surface area contributed by atoms with Crippen LogP contribution in [-0.4, -0.2) is 27.0 Å². The molecule has 1 aromatic rings. The van der Waals surface area contributed by atoms with Crippen LogP contribution >= 0.6 is 11.8 Å². The Morgan fingerprint density at radius 3 is 2.78 bits per heavy atom. The van der Waals surface area contributed by atoms with Crippen LogP contribution in [0.15, 0.2) is 18.6 Å². The summed E-state index contributed by atoms with van der Waals surface area (Å²) < 4.78 is 0. The summed E-state index contributed by atoms with van der Waals surface area (Å²) >= 11 is 1.77. The monoisotopic (exact) mass is 263 g/mol. The van der Waals surface area contributed by atoms with Gasteiger partial charge in [-0.05, 0) is 18.8 Å². The molecule has 96 valence electrons. The van der Waals surface area contributed by atoms with Crippen molar-refractivity contribution in [3.05, 3.63) is 18.6 Å². The van der Waals surface area contributed by atoms with Gasteiger partial charge in [-0.2, -0.15) is 0 Å². The number of hydrogen-bond acceptors (Lipinski definition) is 4. The maximum Gasteiger partial charge on any atom is 0.239 e. The van der Waals surface area contributed by atoms with E-state index in [0.29, 0.717) is 17.5 Å². The standard InChI is InChI=1S/C13H17N3OS/c17-12-9-18-13(10-4-2-1-3-5-10)16(12)11-8-14-6-7-15-11/h6-8,10,13H,1-5,9H2. The highest BCUT2D eigenvalue weighted by Gasteiger charge is 2.39. The highest BCUT2D eigenvalue weighted by Crippen LogP contribution is 2.39. The first kappa shape index (κ1) is 12.0. The second-order valence-corrected chi connectivity index (χ2v) is 6.03. The normalized spacial score (nSPS) is 25.7. The number of aromatic nitrogens is 2. The summed E-state index contributed by atoms with van der Waals surface area (Å²) in [6.07, 6.45) is 11.4. The highest BCUT2D eigenvalue weighted by atomic mass is 32.2. The Labute approximate surface area is 111 Å². The van der Waals surface area contributed by atoms with Crippen LogP contribution in [0.3, 0.4) is 0 Å². The van der Waals surface area contributed by atoms with E-state index in [4.69, 9.17) is 0 Å². The Hall–Kier alpha value is -1.10. The van der Waals surface area contributed by atoms with Gasteiger partial charge in [-0.25, -0.2) is 4.98 Å². The van der Waals surface area contributed by atoms with Crippen LogP contribution in [0.25, 0.3) is 0 Å². The van der Waals surface area contributed by atoms with Crippen molar-refractivity contribution >= 4 is 23.5 Å². The Bertz CT molecular complexity index is 420. The fourth-order valence-corrected chi connectivity index (χ4v) is 4.25. The molecule has 2 fully saturated rings. The highest BCUT2D eigenvalue weighted by molar-refractivity contribution is 8.01. The van der Waals surface area contributed by atoms with Crippen molar-refractivity contribution in [3.63, 3.8) is 0 Å². The zero-order valence-corrected chi connectivity index (χ0v) is 11.1. The average molecular weight is 263 g/mol. The van der Waals surface area contributed by atoms with Gasteiger partial charge in [0.1, 0.15) is 0 Å². The van der Waals surface area contributed by atoms with Crippen LogP contribution in [0.1, 0.15) is 32.1 Å². The Kier molecular flexibility index (Phi) is 3.50. The minimum Gasteiger partial charge on any atom is -0.282 e. The predicted molar refractivity (Wildman–Crippen MR) is 72.3 cm³/mol. The fourth-order valence-electron chi connectivity index (χ4n) is 2.88. The van der Waals surface area contributed by atoms with E-state index < -0.39 is 0 Å². The molecule has 1 aliphatic carbocycles. The maximum absolute atomic E-state index is 12.1. The third-order valence-corrected chi connectivity index (χ3v) is 5.10. The van der Waals surface area contributed by atoms with Gasteiger partial charge in [0.05, 0.1) is 17.3 Å². The van der Waals surface area contributed by atoms with Crippen molar-refractivity contribution in [2.24, 2.45) is 5.92 Å². The van der Waals surface area contributed by atoms with Gasteiger partial charge >= 0.3 is 0 Å². The molecule has 3 rings (SSSR count). The van der Waals surface area contributed by atoms with Crippen LogP contribution in [0, 0.1) is 5.92 Å². The molecule has 0 bridgehead atoms. The summed E-state index contributed by atoms with van der Waals surface area (Å²) in [5.41, 5.74) is 0. The molecule has 1 aliphatic heterocycles. The molecule has 1 saturated heterocycles. The number of carbonyl (C=O) groups is 1. The number of carbonyl (C=O) groups excluding carboxylic acids is 1. The van der Waals surface area contributed by atoms with E-state index in [9.17, 15) is 4.79 Å². The van der Waals surface area contributed by atoms with Crippen LogP contribution in [0.5, 0.6) is 0 Å². The molecule has 2 heterocycles. The molecule has 0 aromatic carbocycles. The van der Waals surface area contributed by atoms with Crippen LogP contribution in [0.2, 0.25) is 0 Å². The first-order valence-corrected chi connectivity index (χ1v) is 7.61. The molecule has 4 nitrogen and oxygen atoms in total. The quantitative estimate of drug-likeness (QED) is 0.822. The van der Waals surface area contributed by atoms with Gasteiger partial charge in [-0.1, -0.05) is 19.3 Å². The number of thioether (sulfide) groups is 1. The minimum absolute atomic E-state index is 0.177. The van der Waals surface area contributed by atoms with Crippen LogP contribution in [0.4, 0.5) is 5.82 Å². The van der Waals surface area contributed by atoms with Crippen molar-refractivity contribution in [2.45, 2.75) is 37.5 Å². The van der Waals surface area contributed by atoms with Gasteiger partial charge < -0.3 is 0 Å². The SMILES string of the molecule is O=C1CSC(C2CCCCC2)N1c1cnccn1. The van der Waals surface area contributed by atoms with Crippen molar-refractivity contribution in [3.8, 4) is 0 Å². The molecule has 1 aromatic heterocycles. The lowest BCUT2D eigenvalue weighted by molar-refractivity contribution is -0.116. The Balaban J connectivity index is 1.83. The van der Waals surface area contributed by atoms with Crippen molar-refractivity contribution < 1.29 is 4.79 Å². The van der Waals surface area contributed by atoms with E-state index in [1.54, 1.807) is 30.4 Å². The van der Waals surface area contributed by atoms with E-state index in [0.717, 1.165) is 0 Å². The first-order valence-electron chi connectivity index (χ1n) is 6.56. The van der Waals surface area contributed by atoms with E-state index >= 15 is 0 Å². The number of hydrogen-bond donors (Lipinski definition) is 0. The van der Waals surface area contributed by atoms with Crippen molar-refractivity contribution in [2.75, 3.05) is 10.7 Å². The molecule has 18 heavy (non-hydrogen) atoms. The van der Waals surface area contributed by atoms with E-state index in [2.05, 4.69) is 9.97 Å². The van der Waals surface area contributed by atoms with Gasteiger partial charge in [-0.3, -0.25) is 14.7 Å². The molecule has 2 aliphatic rings. The molecule has 0 radical (unpaired) electrons. The fraction of sp³-hybridized carbons (Fsp3) is 0.615. The van der Waals surface area contributed by atoms with Crippen LogP contribution in [-0.2, 0) is 4.79 Å². The van der Waals surface area contributed by atoms with E-state index in [1.165, 1.54) is 32.1 Å². The second-order valence-electron chi connectivity index (χ2n) is 4.93. The summed E-state index contributed by atoms with van der Waals surface area (Å²) in [6, 6.07) is 0. The van der Waals surface area contributed by atoms with Gasteiger partial charge in [-0.15, -0.1) is 11.8 Å². The number of anilines is 1. The molecule has 5 heteroatoms. The van der Waals surface area contributed by atoms with Gasteiger partial charge in [0.15, 0.2) is 5.82 Å². The lowest BCUT2D eigenvalue weighted by Crippen LogP contribution is -2.38. The number of nitrogens with zero attached hydrogens (tertiary/aromatic N) is 3. The number of rotatable bonds is 2. The third-order valence-electron chi connectivity index (χ3n) is 3.75. The van der Waals surface area contributed by atoms with Crippen LogP contribution < -0.4 is 4.90 Å². The minimum atomic E-state index is 0.177. The molecule has 1 amide bonds. The van der Waals surface area contributed by atoms with Gasteiger partial charge in [0.2, 0.25) is 5.91 Å². The largest absolute Gasteiger partial charge is 0.282 e. The Morgan fingerprint density at radius 1 is 1.22 bits per heavy atom. The molecular formula is C13H17N3OS. The molecule has 1 unspecified atom stereocenters. The third kappa shape index (κ3) is 2.23. The second kappa shape index (κ2) is 5.26. The molecular weight excluding hydrogens is 246 g/mol. The molecule has 1 saturated carbocycles. The Morgan fingerprint density at radius 2 is 2.06 bits per heavy atom. The van der Waals surface area contributed by atoms with E-state index in [1.807, 2.05) is 4.90 Å². The number of amides is 1.